The Hall–Kier alpha value is -1.68. The Kier molecular flexibility index (Phi) is 6.55. The van der Waals surface area contributed by atoms with Crippen molar-refractivity contribution in [3.63, 3.8) is 0 Å². The summed E-state index contributed by atoms with van der Waals surface area (Å²) in [4.78, 5) is 0. The summed E-state index contributed by atoms with van der Waals surface area (Å²) < 4.78 is 6.72. The van der Waals surface area contributed by atoms with Crippen LogP contribution in [0.5, 0.6) is 0 Å². The molecular weight excluding hydrogens is 312 g/mol. The van der Waals surface area contributed by atoms with Crippen LogP contribution in [0, 0.1) is 0 Å². The van der Waals surface area contributed by atoms with Gasteiger partial charge in [0.05, 0.1) is 6.61 Å². The Labute approximate surface area is 146 Å². The molecule has 0 heterocycles. The molecule has 0 amide bonds. The number of benzene rings is 2. The van der Waals surface area contributed by atoms with E-state index in [-0.39, 0.29) is 11.6 Å². The van der Waals surface area contributed by atoms with E-state index in [0.29, 0.717) is 6.61 Å². The molecule has 0 fully saturated rings. The van der Waals surface area contributed by atoms with Crippen molar-refractivity contribution >= 4 is 18.7 Å². The average molecular weight is 341 g/mol. The lowest BCUT2D eigenvalue weighted by molar-refractivity contribution is 0.303. The first kappa shape index (κ1) is 18.7. The molecule has 2 nitrogen and oxygen atoms in total. The lowest BCUT2D eigenvalue weighted by Crippen LogP contribution is -2.66. The van der Waals surface area contributed by atoms with Gasteiger partial charge in [0.1, 0.15) is 0 Å². The SMILES string of the molecule is CC(C)(C)[Si](OCCC=CCO)(c1ccccc1)c1ccccc1. The predicted octanol–water partition coefficient (Wildman–Crippen LogP) is 3.50. The van der Waals surface area contributed by atoms with Crippen LogP contribution in [-0.4, -0.2) is 26.6 Å². The molecule has 24 heavy (non-hydrogen) atoms. The highest BCUT2D eigenvalue weighted by molar-refractivity contribution is 6.99. The first-order valence-electron chi connectivity index (χ1n) is 8.53. The van der Waals surface area contributed by atoms with Gasteiger partial charge in [-0.05, 0) is 21.8 Å². The standard InChI is InChI=1S/C21H28O2Si/c1-21(2,3)24(19-13-7-4-8-14-19,20-15-9-5-10-16-20)23-18-12-6-11-17-22/h4-11,13-16,22H,12,17-18H2,1-3H3. The molecule has 0 aliphatic rings. The van der Waals surface area contributed by atoms with Crippen LogP contribution in [-0.2, 0) is 4.43 Å². The lowest BCUT2D eigenvalue weighted by atomic mass is 10.2. The largest absolute Gasteiger partial charge is 0.407 e. The number of hydrogen-bond acceptors (Lipinski definition) is 2. The molecule has 0 spiro atoms. The van der Waals surface area contributed by atoms with Gasteiger partial charge in [-0.1, -0.05) is 93.6 Å². The summed E-state index contributed by atoms with van der Waals surface area (Å²) in [5, 5.41) is 11.5. The van der Waals surface area contributed by atoms with Crippen molar-refractivity contribution in [3.8, 4) is 0 Å². The van der Waals surface area contributed by atoms with E-state index in [4.69, 9.17) is 9.53 Å². The molecule has 2 aromatic rings. The van der Waals surface area contributed by atoms with E-state index < -0.39 is 8.32 Å². The Bertz CT molecular complexity index is 590. The fourth-order valence-corrected chi connectivity index (χ4v) is 7.81. The second kappa shape index (κ2) is 8.43. The zero-order valence-electron chi connectivity index (χ0n) is 14.9. The summed E-state index contributed by atoms with van der Waals surface area (Å²) in [6.07, 6.45) is 4.57. The Morgan fingerprint density at radius 1 is 0.875 bits per heavy atom. The second-order valence-corrected chi connectivity index (χ2v) is 11.3. The van der Waals surface area contributed by atoms with E-state index in [1.807, 2.05) is 6.08 Å². The van der Waals surface area contributed by atoms with E-state index in [2.05, 4.69) is 81.4 Å². The molecular formula is C21H28O2Si. The quantitative estimate of drug-likeness (QED) is 0.475. The van der Waals surface area contributed by atoms with Crippen molar-refractivity contribution in [3.05, 3.63) is 72.8 Å². The third kappa shape index (κ3) is 4.04. The number of aliphatic hydroxyl groups excluding tert-OH is 1. The van der Waals surface area contributed by atoms with Crippen LogP contribution in [0.4, 0.5) is 0 Å². The summed E-state index contributed by atoms with van der Waals surface area (Å²) in [6.45, 7) is 7.58. The highest BCUT2D eigenvalue weighted by atomic mass is 28.4. The van der Waals surface area contributed by atoms with Crippen LogP contribution in [0.3, 0.4) is 0 Å². The molecule has 0 bridgehead atoms. The van der Waals surface area contributed by atoms with Gasteiger partial charge in [0.15, 0.2) is 0 Å². The van der Waals surface area contributed by atoms with Crippen LogP contribution >= 0.6 is 0 Å². The van der Waals surface area contributed by atoms with Crippen molar-refractivity contribution in [2.45, 2.75) is 32.2 Å². The van der Waals surface area contributed by atoms with E-state index in [9.17, 15) is 0 Å². The molecule has 2 rings (SSSR count). The van der Waals surface area contributed by atoms with Crippen molar-refractivity contribution in [1.29, 1.82) is 0 Å². The highest BCUT2D eigenvalue weighted by Crippen LogP contribution is 2.36. The summed E-state index contributed by atoms with van der Waals surface area (Å²) in [5.41, 5.74) is 0. The molecule has 1 N–H and O–H groups in total. The van der Waals surface area contributed by atoms with Gasteiger partial charge in [-0.3, -0.25) is 0 Å². The maximum atomic E-state index is 8.89. The van der Waals surface area contributed by atoms with Gasteiger partial charge in [-0.15, -0.1) is 0 Å². The van der Waals surface area contributed by atoms with Gasteiger partial charge in [0, 0.05) is 6.61 Å². The molecule has 2 aromatic carbocycles. The maximum absolute atomic E-state index is 8.89. The van der Waals surface area contributed by atoms with Crippen LogP contribution in [0.25, 0.3) is 0 Å². The fraction of sp³-hybridized carbons (Fsp3) is 0.333. The second-order valence-electron chi connectivity index (χ2n) is 6.95. The maximum Gasteiger partial charge on any atom is 0.261 e. The Morgan fingerprint density at radius 2 is 1.38 bits per heavy atom. The van der Waals surface area contributed by atoms with Gasteiger partial charge in [-0.25, -0.2) is 0 Å². The number of hydrogen-bond donors (Lipinski definition) is 1. The normalized spacial score (nSPS) is 12.7. The van der Waals surface area contributed by atoms with Crippen LogP contribution in [0.1, 0.15) is 27.2 Å². The number of aliphatic hydroxyl groups is 1. The summed E-state index contributed by atoms with van der Waals surface area (Å²) in [7, 11) is -2.41. The minimum atomic E-state index is -2.41. The molecule has 0 unspecified atom stereocenters. The third-order valence-electron chi connectivity index (χ3n) is 4.29. The molecule has 0 radical (unpaired) electrons. The third-order valence-corrected chi connectivity index (χ3v) is 9.33. The summed E-state index contributed by atoms with van der Waals surface area (Å²) in [6, 6.07) is 21.3. The van der Waals surface area contributed by atoms with E-state index in [1.54, 1.807) is 6.08 Å². The molecule has 0 aliphatic carbocycles. The van der Waals surface area contributed by atoms with Gasteiger partial charge in [-0.2, -0.15) is 0 Å². The molecule has 0 saturated heterocycles. The molecule has 0 aliphatic heterocycles. The van der Waals surface area contributed by atoms with E-state index >= 15 is 0 Å². The monoisotopic (exact) mass is 340 g/mol. The van der Waals surface area contributed by atoms with Gasteiger partial charge in [0.2, 0.25) is 0 Å². The highest BCUT2D eigenvalue weighted by Gasteiger charge is 2.49. The molecule has 3 heteroatoms. The van der Waals surface area contributed by atoms with Crippen molar-refractivity contribution < 1.29 is 9.53 Å². The minimum absolute atomic E-state index is 0.0103. The molecule has 0 aromatic heterocycles. The van der Waals surface area contributed by atoms with Gasteiger partial charge in [0.25, 0.3) is 8.32 Å². The first-order valence-corrected chi connectivity index (χ1v) is 10.4. The zero-order valence-corrected chi connectivity index (χ0v) is 15.9. The van der Waals surface area contributed by atoms with Crippen molar-refractivity contribution in [1.82, 2.24) is 0 Å². The average Bonchev–Trinajstić information content (AvgIpc) is 2.59. The van der Waals surface area contributed by atoms with E-state index in [1.165, 1.54) is 10.4 Å². The topological polar surface area (TPSA) is 29.5 Å². The lowest BCUT2D eigenvalue weighted by Gasteiger charge is -2.43. The van der Waals surface area contributed by atoms with Crippen LogP contribution in [0.15, 0.2) is 72.8 Å². The number of rotatable bonds is 7. The van der Waals surface area contributed by atoms with Crippen molar-refractivity contribution in [2.75, 3.05) is 13.2 Å². The van der Waals surface area contributed by atoms with Gasteiger partial charge < -0.3 is 9.53 Å². The summed E-state index contributed by atoms with van der Waals surface area (Å²) in [5.74, 6) is 0. The van der Waals surface area contributed by atoms with Crippen LogP contribution < -0.4 is 10.4 Å². The van der Waals surface area contributed by atoms with Gasteiger partial charge >= 0.3 is 0 Å². The molecule has 0 saturated carbocycles. The van der Waals surface area contributed by atoms with Crippen LogP contribution in [0.2, 0.25) is 5.04 Å². The van der Waals surface area contributed by atoms with Crippen molar-refractivity contribution in [2.24, 2.45) is 0 Å². The fourth-order valence-electron chi connectivity index (χ4n) is 3.23. The predicted molar refractivity (Wildman–Crippen MR) is 104 cm³/mol. The Morgan fingerprint density at radius 3 is 1.79 bits per heavy atom. The zero-order chi connectivity index (χ0) is 17.5. The molecule has 128 valence electrons. The summed E-state index contributed by atoms with van der Waals surface area (Å²) >= 11 is 0. The Balaban J connectivity index is 2.47. The smallest absolute Gasteiger partial charge is 0.261 e. The van der Waals surface area contributed by atoms with E-state index in [0.717, 1.165) is 6.42 Å². The molecule has 0 atom stereocenters. The first-order chi connectivity index (χ1) is 11.5. The minimum Gasteiger partial charge on any atom is -0.407 e.